The minimum Gasteiger partial charge on any atom is -0.464 e. The average molecular weight is 173 g/mol. The molecule has 4 heteroatoms. The van der Waals surface area contributed by atoms with Gasteiger partial charge in [0.2, 0.25) is 0 Å². The maximum absolute atomic E-state index is 10.9. The number of carbonyl (C=O) groups is 1. The Kier molecular flexibility index (Phi) is 4.04. The highest BCUT2D eigenvalue weighted by atomic mass is 16.5. The van der Waals surface area contributed by atoms with Crippen molar-refractivity contribution in [1.29, 1.82) is 0 Å². The summed E-state index contributed by atoms with van der Waals surface area (Å²) in [5.74, 6) is 0.218. The predicted molar refractivity (Wildman–Crippen MR) is 43.8 cm³/mol. The van der Waals surface area contributed by atoms with E-state index in [1.165, 1.54) is 0 Å². The summed E-state index contributed by atoms with van der Waals surface area (Å²) in [6.07, 6.45) is 1.01. The topological polar surface area (TPSA) is 47.6 Å². The molecule has 1 fully saturated rings. The van der Waals surface area contributed by atoms with E-state index >= 15 is 0 Å². The smallest absolute Gasteiger partial charge is 0.319 e. The number of esters is 1. The largest absolute Gasteiger partial charge is 0.464 e. The zero-order valence-electron chi connectivity index (χ0n) is 7.34. The molecule has 1 atom stereocenters. The van der Waals surface area contributed by atoms with Crippen LogP contribution in [0.4, 0.5) is 0 Å². The second-order valence-electron chi connectivity index (χ2n) is 2.94. The highest BCUT2D eigenvalue weighted by molar-refractivity contribution is 5.71. The molecule has 4 nitrogen and oxygen atoms in total. The lowest BCUT2D eigenvalue weighted by Gasteiger charge is -2.07. The molecule has 1 saturated heterocycles. The van der Waals surface area contributed by atoms with Crippen molar-refractivity contribution in [2.45, 2.75) is 6.42 Å². The van der Waals surface area contributed by atoms with E-state index in [-0.39, 0.29) is 12.5 Å². The number of hydrogen-bond acceptors (Lipinski definition) is 4. The van der Waals surface area contributed by atoms with Gasteiger partial charge in [0.15, 0.2) is 0 Å². The monoisotopic (exact) mass is 173 g/mol. The molecule has 1 rings (SSSR count). The third kappa shape index (κ3) is 3.19. The summed E-state index contributed by atoms with van der Waals surface area (Å²) in [5.41, 5.74) is 0. The van der Waals surface area contributed by atoms with Gasteiger partial charge < -0.3 is 14.8 Å². The van der Waals surface area contributed by atoms with E-state index in [2.05, 4.69) is 5.32 Å². The fraction of sp³-hybridized carbons (Fsp3) is 0.875. The summed E-state index contributed by atoms with van der Waals surface area (Å²) >= 11 is 0. The van der Waals surface area contributed by atoms with E-state index in [0.29, 0.717) is 12.5 Å². The molecular formula is C8H15NO3. The molecule has 0 bridgehead atoms. The van der Waals surface area contributed by atoms with Crippen molar-refractivity contribution in [3.05, 3.63) is 0 Å². The van der Waals surface area contributed by atoms with Crippen LogP contribution < -0.4 is 5.32 Å². The van der Waals surface area contributed by atoms with Gasteiger partial charge in [-0.1, -0.05) is 0 Å². The summed E-state index contributed by atoms with van der Waals surface area (Å²) in [4.78, 5) is 10.9. The molecule has 0 radical (unpaired) electrons. The summed E-state index contributed by atoms with van der Waals surface area (Å²) in [6.45, 7) is 2.31. The molecule has 0 aromatic carbocycles. The van der Waals surface area contributed by atoms with Gasteiger partial charge in [-0.15, -0.1) is 0 Å². The quantitative estimate of drug-likeness (QED) is 0.597. The molecule has 0 aliphatic carbocycles. The molecule has 12 heavy (non-hydrogen) atoms. The van der Waals surface area contributed by atoms with Crippen LogP contribution >= 0.6 is 0 Å². The fourth-order valence-electron chi connectivity index (χ4n) is 1.12. The lowest BCUT2D eigenvalue weighted by Crippen LogP contribution is -2.23. The van der Waals surface area contributed by atoms with Gasteiger partial charge in [0.05, 0.1) is 19.8 Å². The Hall–Kier alpha value is -0.610. The third-order valence-electron chi connectivity index (χ3n) is 1.83. The fourth-order valence-corrected chi connectivity index (χ4v) is 1.12. The molecule has 70 valence electrons. The number of hydrogen-bond donors (Lipinski definition) is 1. The first-order chi connectivity index (χ1) is 5.83. The molecule has 1 aliphatic heterocycles. The Morgan fingerprint density at radius 2 is 2.58 bits per heavy atom. The molecule has 0 spiro atoms. The maximum Gasteiger partial charge on any atom is 0.319 e. The van der Waals surface area contributed by atoms with Crippen LogP contribution in [0.25, 0.3) is 0 Å². The van der Waals surface area contributed by atoms with Crippen LogP contribution in [0.5, 0.6) is 0 Å². The zero-order valence-corrected chi connectivity index (χ0v) is 7.34. The van der Waals surface area contributed by atoms with Crippen molar-refractivity contribution in [2.24, 2.45) is 5.92 Å². The lowest BCUT2D eigenvalue weighted by atomic mass is 10.1. The predicted octanol–water partition coefficient (Wildman–Crippen LogP) is -0.215. The molecule has 0 amide bonds. The second kappa shape index (κ2) is 5.11. The van der Waals surface area contributed by atoms with Crippen LogP contribution in [0.1, 0.15) is 6.42 Å². The van der Waals surface area contributed by atoms with E-state index in [9.17, 15) is 4.79 Å². The van der Waals surface area contributed by atoms with Gasteiger partial charge in [-0.3, -0.25) is 4.79 Å². The normalized spacial score (nSPS) is 22.6. The Balaban J connectivity index is 2.03. The highest BCUT2D eigenvalue weighted by Crippen LogP contribution is 2.11. The van der Waals surface area contributed by atoms with E-state index in [4.69, 9.17) is 9.47 Å². The number of likely N-dealkylation sites (N-methyl/N-ethyl adjacent to an activating group) is 1. The van der Waals surface area contributed by atoms with Crippen LogP contribution in [-0.2, 0) is 14.3 Å². The summed E-state index contributed by atoms with van der Waals surface area (Å²) in [6, 6.07) is 0. The molecular weight excluding hydrogens is 158 g/mol. The van der Waals surface area contributed by atoms with Crippen LogP contribution in [0.3, 0.4) is 0 Å². The zero-order chi connectivity index (χ0) is 8.81. The van der Waals surface area contributed by atoms with Crippen LogP contribution in [0, 0.1) is 5.92 Å². The summed E-state index contributed by atoms with van der Waals surface area (Å²) in [7, 11) is 1.72. The summed E-state index contributed by atoms with van der Waals surface area (Å²) < 4.78 is 10.1. The van der Waals surface area contributed by atoms with Crippen molar-refractivity contribution in [1.82, 2.24) is 5.32 Å². The van der Waals surface area contributed by atoms with Gasteiger partial charge >= 0.3 is 5.97 Å². The van der Waals surface area contributed by atoms with Gasteiger partial charge in [-0.2, -0.15) is 0 Å². The Morgan fingerprint density at radius 3 is 3.17 bits per heavy atom. The highest BCUT2D eigenvalue weighted by Gasteiger charge is 2.16. The van der Waals surface area contributed by atoms with Crippen molar-refractivity contribution < 1.29 is 14.3 Å². The van der Waals surface area contributed by atoms with Gasteiger partial charge in [-0.05, 0) is 13.5 Å². The molecule has 1 N–H and O–H groups in total. The first-order valence-corrected chi connectivity index (χ1v) is 4.21. The Labute approximate surface area is 72.2 Å². The average Bonchev–Trinajstić information content (AvgIpc) is 2.53. The van der Waals surface area contributed by atoms with Crippen molar-refractivity contribution in [3.8, 4) is 0 Å². The van der Waals surface area contributed by atoms with Crippen molar-refractivity contribution >= 4 is 5.97 Å². The molecule has 1 heterocycles. The maximum atomic E-state index is 10.9. The van der Waals surface area contributed by atoms with E-state index in [1.54, 1.807) is 7.05 Å². The Bertz CT molecular complexity index is 143. The SMILES string of the molecule is CNCC(=O)OCC1CCOC1. The minimum atomic E-state index is -0.190. The van der Waals surface area contributed by atoms with Crippen molar-refractivity contribution in [2.75, 3.05) is 33.4 Å². The summed E-state index contributed by atoms with van der Waals surface area (Å²) in [5, 5.41) is 2.74. The van der Waals surface area contributed by atoms with Gasteiger partial charge in [0.25, 0.3) is 0 Å². The van der Waals surface area contributed by atoms with Gasteiger partial charge in [0, 0.05) is 12.5 Å². The third-order valence-corrected chi connectivity index (χ3v) is 1.83. The molecule has 0 saturated carbocycles. The molecule has 0 aromatic rings. The molecule has 1 aliphatic rings. The number of nitrogens with one attached hydrogen (secondary N) is 1. The standard InChI is InChI=1S/C8H15NO3/c1-9-4-8(10)12-6-7-2-3-11-5-7/h7,9H,2-6H2,1H3. The number of rotatable bonds is 4. The first-order valence-electron chi connectivity index (χ1n) is 4.21. The number of carbonyl (C=O) groups excluding carboxylic acids is 1. The van der Waals surface area contributed by atoms with Gasteiger partial charge in [-0.25, -0.2) is 0 Å². The van der Waals surface area contributed by atoms with Crippen LogP contribution in [0.15, 0.2) is 0 Å². The van der Waals surface area contributed by atoms with Crippen LogP contribution in [0.2, 0.25) is 0 Å². The second-order valence-corrected chi connectivity index (χ2v) is 2.94. The van der Waals surface area contributed by atoms with Crippen molar-refractivity contribution in [3.63, 3.8) is 0 Å². The lowest BCUT2D eigenvalue weighted by molar-refractivity contribution is -0.143. The molecule has 0 aromatic heterocycles. The van der Waals surface area contributed by atoms with E-state index in [1.807, 2.05) is 0 Å². The van der Waals surface area contributed by atoms with Gasteiger partial charge in [0.1, 0.15) is 0 Å². The van der Waals surface area contributed by atoms with Crippen LogP contribution in [-0.4, -0.2) is 39.4 Å². The Morgan fingerprint density at radius 1 is 1.75 bits per heavy atom. The van der Waals surface area contributed by atoms with E-state index < -0.39 is 0 Å². The number of ether oxygens (including phenoxy) is 2. The first kappa shape index (κ1) is 9.48. The minimum absolute atomic E-state index is 0.190. The van der Waals surface area contributed by atoms with E-state index in [0.717, 1.165) is 19.6 Å². The molecule has 1 unspecified atom stereocenters.